The molecule has 0 unspecified atom stereocenters. The Balaban J connectivity index is 2.76. The molecule has 0 saturated carbocycles. The molecule has 0 atom stereocenters. The minimum atomic E-state index is -3.45. The molecular weight excluding hydrogens is 316 g/mol. The molecule has 0 aromatic heterocycles. The topological polar surface area (TPSA) is 49.4 Å². The lowest BCUT2D eigenvalue weighted by molar-refractivity contribution is 0.421. The van der Waals surface area contributed by atoms with Gasteiger partial charge in [-0.25, -0.2) is 0 Å². The van der Waals surface area contributed by atoms with Crippen molar-refractivity contribution in [3.05, 3.63) is 34.3 Å². The number of halogens is 1. The molecule has 4 nitrogen and oxygen atoms in total. The van der Waals surface area contributed by atoms with Gasteiger partial charge in [0, 0.05) is 23.6 Å². The van der Waals surface area contributed by atoms with Crippen LogP contribution in [0, 0.1) is 0 Å². The van der Waals surface area contributed by atoms with E-state index in [-0.39, 0.29) is 0 Å². The SMILES string of the molecule is CN(Cc1ccc(Br)cc1)S(=O)(=O)NC(C)(C)C. The molecule has 1 N–H and O–H groups in total. The first kappa shape index (κ1) is 15.6. The van der Waals surface area contributed by atoms with E-state index in [1.54, 1.807) is 7.05 Å². The van der Waals surface area contributed by atoms with E-state index in [0.717, 1.165) is 10.0 Å². The Labute approximate surface area is 118 Å². The van der Waals surface area contributed by atoms with Crippen LogP contribution in [-0.2, 0) is 16.8 Å². The highest BCUT2D eigenvalue weighted by Gasteiger charge is 2.24. The quantitative estimate of drug-likeness (QED) is 0.919. The molecule has 0 spiro atoms. The van der Waals surface area contributed by atoms with Gasteiger partial charge in [-0.05, 0) is 38.5 Å². The first-order chi connectivity index (χ1) is 8.10. The lowest BCUT2D eigenvalue weighted by atomic mass is 10.1. The molecule has 6 heteroatoms. The lowest BCUT2D eigenvalue weighted by Crippen LogP contribution is -2.47. The van der Waals surface area contributed by atoms with E-state index in [1.165, 1.54) is 4.31 Å². The predicted octanol–water partition coefficient (Wildman–Crippen LogP) is 2.51. The Bertz CT molecular complexity index is 492. The molecule has 0 aliphatic rings. The van der Waals surface area contributed by atoms with Gasteiger partial charge in [0.15, 0.2) is 0 Å². The van der Waals surface area contributed by atoms with Crippen LogP contribution in [-0.4, -0.2) is 25.3 Å². The fourth-order valence-electron chi connectivity index (χ4n) is 1.40. The summed E-state index contributed by atoms with van der Waals surface area (Å²) in [5.74, 6) is 0. The maximum Gasteiger partial charge on any atom is 0.279 e. The van der Waals surface area contributed by atoms with Crippen LogP contribution in [0.4, 0.5) is 0 Å². The molecule has 0 saturated heterocycles. The number of rotatable bonds is 4. The van der Waals surface area contributed by atoms with E-state index < -0.39 is 15.7 Å². The molecule has 1 aromatic rings. The molecule has 0 amide bonds. The number of nitrogens with zero attached hydrogens (tertiary/aromatic N) is 1. The molecular formula is C12H19BrN2O2S. The zero-order chi connectivity index (χ0) is 14.0. The minimum absolute atomic E-state index is 0.346. The van der Waals surface area contributed by atoms with Crippen molar-refractivity contribution in [2.24, 2.45) is 0 Å². The summed E-state index contributed by atoms with van der Waals surface area (Å²) in [4.78, 5) is 0. The smallest absolute Gasteiger partial charge is 0.197 e. The first-order valence-corrected chi connectivity index (χ1v) is 7.83. The summed E-state index contributed by atoms with van der Waals surface area (Å²) in [6, 6.07) is 7.58. The Hall–Kier alpha value is -0.430. The standard InChI is InChI=1S/C12H19BrN2O2S/c1-12(2,3)14-18(16,17)15(4)9-10-5-7-11(13)8-6-10/h5-8,14H,9H2,1-4H3. The molecule has 0 aliphatic heterocycles. The second-order valence-electron chi connectivity index (χ2n) is 5.24. The lowest BCUT2D eigenvalue weighted by Gasteiger charge is -2.25. The molecule has 1 aromatic carbocycles. The monoisotopic (exact) mass is 334 g/mol. The summed E-state index contributed by atoms with van der Waals surface area (Å²) >= 11 is 3.35. The summed E-state index contributed by atoms with van der Waals surface area (Å²) in [6.45, 7) is 5.80. The van der Waals surface area contributed by atoms with Crippen molar-refractivity contribution in [3.8, 4) is 0 Å². The average molecular weight is 335 g/mol. The highest BCUT2D eigenvalue weighted by molar-refractivity contribution is 9.10. The Kier molecular flexibility index (Phi) is 4.94. The number of hydrogen-bond donors (Lipinski definition) is 1. The Morgan fingerprint density at radius 2 is 1.72 bits per heavy atom. The normalized spacial score (nSPS) is 13.0. The van der Waals surface area contributed by atoms with Gasteiger partial charge >= 0.3 is 0 Å². The number of nitrogens with one attached hydrogen (secondary N) is 1. The van der Waals surface area contributed by atoms with Crippen molar-refractivity contribution in [3.63, 3.8) is 0 Å². The van der Waals surface area contributed by atoms with Gasteiger partial charge in [-0.3, -0.25) is 0 Å². The van der Waals surface area contributed by atoms with Gasteiger partial charge in [0.1, 0.15) is 0 Å². The van der Waals surface area contributed by atoms with Crippen LogP contribution in [0.15, 0.2) is 28.7 Å². The van der Waals surface area contributed by atoms with Crippen LogP contribution >= 0.6 is 15.9 Å². The molecule has 18 heavy (non-hydrogen) atoms. The van der Waals surface area contributed by atoms with Gasteiger partial charge in [-0.2, -0.15) is 17.4 Å². The highest BCUT2D eigenvalue weighted by atomic mass is 79.9. The van der Waals surface area contributed by atoms with Gasteiger partial charge in [-0.15, -0.1) is 0 Å². The van der Waals surface area contributed by atoms with Crippen LogP contribution in [0.25, 0.3) is 0 Å². The third-order valence-corrected chi connectivity index (χ3v) is 4.51. The molecule has 0 aliphatic carbocycles. The van der Waals surface area contributed by atoms with Crippen molar-refractivity contribution in [1.29, 1.82) is 0 Å². The van der Waals surface area contributed by atoms with E-state index in [1.807, 2.05) is 45.0 Å². The molecule has 0 bridgehead atoms. The van der Waals surface area contributed by atoms with Crippen LogP contribution in [0.1, 0.15) is 26.3 Å². The summed E-state index contributed by atoms with van der Waals surface area (Å²) in [5.41, 5.74) is 0.465. The molecule has 102 valence electrons. The van der Waals surface area contributed by atoms with Crippen LogP contribution in [0.2, 0.25) is 0 Å². The average Bonchev–Trinajstić information content (AvgIpc) is 2.17. The second kappa shape index (κ2) is 5.69. The van der Waals surface area contributed by atoms with Gasteiger partial charge < -0.3 is 0 Å². The van der Waals surface area contributed by atoms with Crippen molar-refractivity contribution in [2.45, 2.75) is 32.9 Å². The van der Waals surface area contributed by atoms with Gasteiger partial charge in [0.2, 0.25) is 0 Å². The summed E-state index contributed by atoms with van der Waals surface area (Å²) in [6.07, 6.45) is 0. The van der Waals surface area contributed by atoms with Crippen molar-refractivity contribution >= 4 is 26.1 Å². The fraction of sp³-hybridized carbons (Fsp3) is 0.500. The summed E-state index contributed by atoms with van der Waals surface area (Å²) < 4.78 is 28.9. The van der Waals surface area contributed by atoms with Crippen molar-refractivity contribution in [1.82, 2.24) is 9.03 Å². The highest BCUT2D eigenvalue weighted by Crippen LogP contribution is 2.13. The molecule has 0 radical (unpaired) electrons. The van der Waals surface area contributed by atoms with Crippen LogP contribution in [0.5, 0.6) is 0 Å². The second-order valence-corrected chi connectivity index (χ2v) is 7.93. The van der Waals surface area contributed by atoms with E-state index >= 15 is 0 Å². The van der Waals surface area contributed by atoms with Crippen molar-refractivity contribution < 1.29 is 8.42 Å². The molecule has 0 heterocycles. The van der Waals surface area contributed by atoms with E-state index in [4.69, 9.17) is 0 Å². The third kappa shape index (κ3) is 5.06. The van der Waals surface area contributed by atoms with E-state index in [2.05, 4.69) is 20.7 Å². The molecule has 1 rings (SSSR count). The summed E-state index contributed by atoms with van der Waals surface area (Å²) in [5, 5.41) is 0. The molecule has 0 fully saturated rings. The van der Waals surface area contributed by atoms with Gasteiger partial charge in [-0.1, -0.05) is 28.1 Å². The largest absolute Gasteiger partial charge is 0.279 e. The predicted molar refractivity (Wildman–Crippen MR) is 77.4 cm³/mol. The maximum atomic E-state index is 12.0. The zero-order valence-corrected chi connectivity index (χ0v) is 13.5. The first-order valence-electron chi connectivity index (χ1n) is 5.60. The zero-order valence-electron chi connectivity index (χ0n) is 11.1. The van der Waals surface area contributed by atoms with Crippen LogP contribution in [0.3, 0.4) is 0 Å². The Morgan fingerprint density at radius 1 is 1.22 bits per heavy atom. The van der Waals surface area contributed by atoms with Gasteiger partial charge in [0.25, 0.3) is 10.2 Å². The minimum Gasteiger partial charge on any atom is -0.197 e. The van der Waals surface area contributed by atoms with Crippen molar-refractivity contribution in [2.75, 3.05) is 7.05 Å². The summed E-state index contributed by atoms with van der Waals surface area (Å²) in [7, 11) is -1.89. The van der Waals surface area contributed by atoms with Gasteiger partial charge in [0.05, 0.1) is 0 Å². The van der Waals surface area contributed by atoms with E-state index in [0.29, 0.717) is 6.54 Å². The van der Waals surface area contributed by atoms with Crippen LogP contribution < -0.4 is 4.72 Å². The maximum absolute atomic E-state index is 12.0. The Morgan fingerprint density at radius 3 is 2.17 bits per heavy atom. The third-order valence-electron chi connectivity index (χ3n) is 2.16. The number of hydrogen-bond acceptors (Lipinski definition) is 2. The van der Waals surface area contributed by atoms with E-state index in [9.17, 15) is 8.42 Å². The fourth-order valence-corrected chi connectivity index (χ4v) is 2.91. The number of benzene rings is 1.